The van der Waals surface area contributed by atoms with Gasteiger partial charge in [-0.1, -0.05) is 50.3 Å². The zero-order valence-corrected chi connectivity index (χ0v) is 12.7. The molecule has 0 atom stereocenters. The second-order valence-electron chi connectivity index (χ2n) is 5.81. The van der Waals surface area contributed by atoms with Gasteiger partial charge in [0.05, 0.1) is 4.99 Å². The Hall–Kier alpha value is -0.930. The SMILES string of the molecule is CC(C)c1ccc(CN(CCC(N)=S)C2CC2)cc1. The van der Waals surface area contributed by atoms with Gasteiger partial charge >= 0.3 is 0 Å². The van der Waals surface area contributed by atoms with Crippen LogP contribution in [0.5, 0.6) is 0 Å². The summed E-state index contributed by atoms with van der Waals surface area (Å²) in [6.07, 6.45) is 3.47. The third kappa shape index (κ3) is 4.59. The molecule has 0 heterocycles. The smallest absolute Gasteiger partial charge is 0.0740 e. The minimum absolute atomic E-state index is 0.600. The van der Waals surface area contributed by atoms with Crippen molar-refractivity contribution in [3.8, 4) is 0 Å². The van der Waals surface area contributed by atoms with E-state index in [-0.39, 0.29) is 0 Å². The Labute approximate surface area is 122 Å². The Morgan fingerprint density at radius 2 is 1.95 bits per heavy atom. The number of hydrogen-bond donors (Lipinski definition) is 1. The highest BCUT2D eigenvalue weighted by molar-refractivity contribution is 7.80. The summed E-state index contributed by atoms with van der Waals surface area (Å²) in [5, 5.41) is 0. The van der Waals surface area contributed by atoms with E-state index in [0.717, 1.165) is 25.6 Å². The van der Waals surface area contributed by atoms with E-state index in [1.54, 1.807) is 0 Å². The first-order valence-electron chi connectivity index (χ1n) is 7.17. The lowest BCUT2D eigenvalue weighted by Crippen LogP contribution is -2.29. The van der Waals surface area contributed by atoms with E-state index in [0.29, 0.717) is 10.9 Å². The molecule has 3 heteroatoms. The Kier molecular flexibility index (Phi) is 4.94. The van der Waals surface area contributed by atoms with Crippen LogP contribution in [0.25, 0.3) is 0 Å². The van der Waals surface area contributed by atoms with E-state index < -0.39 is 0 Å². The van der Waals surface area contributed by atoms with Crippen LogP contribution in [-0.4, -0.2) is 22.5 Å². The minimum Gasteiger partial charge on any atom is -0.393 e. The molecule has 2 nitrogen and oxygen atoms in total. The number of rotatable bonds is 7. The molecular weight excluding hydrogens is 252 g/mol. The van der Waals surface area contributed by atoms with Crippen molar-refractivity contribution >= 4 is 17.2 Å². The fourth-order valence-electron chi connectivity index (χ4n) is 2.33. The lowest BCUT2D eigenvalue weighted by molar-refractivity contribution is 0.262. The summed E-state index contributed by atoms with van der Waals surface area (Å²) in [6, 6.07) is 9.76. The molecule has 0 spiro atoms. The van der Waals surface area contributed by atoms with Gasteiger partial charge < -0.3 is 5.73 Å². The molecule has 1 fully saturated rings. The molecule has 1 saturated carbocycles. The molecule has 0 unspecified atom stereocenters. The zero-order valence-electron chi connectivity index (χ0n) is 11.9. The van der Waals surface area contributed by atoms with Crippen molar-refractivity contribution < 1.29 is 0 Å². The maximum Gasteiger partial charge on any atom is 0.0740 e. The van der Waals surface area contributed by atoms with Gasteiger partial charge in [0.15, 0.2) is 0 Å². The number of nitrogens with two attached hydrogens (primary N) is 1. The van der Waals surface area contributed by atoms with Crippen LogP contribution in [0.4, 0.5) is 0 Å². The standard InChI is InChI=1S/C16H24N2S/c1-12(2)14-5-3-13(4-6-14)11-18(15-7-8-15)10-9-16(17)19/h3-6,12,15H,7-11H2,1-2H3,(H2,17,19). The van der Waals surface area contributed by atoms with Crippen LogP contribution >= 0.6 is 12.2 Å². The van der Waals surface area contributed by atoms with Gasteiger partial charge in [-0.15, -0.1) is 0 Å². The lowest BCUT2D eigenvalue weighted by atomic mass is 10.0. The van der Waals surface area contributed by atoms with Crippen molar-refractivity contribution in [2.45, 2.75) is 51.6 Å². The molecule has 1 aliphatic carbocycles. The van der Waals surface area contributed by atoms with Gasteiger partial charge in [-0.05, 0) is 29.9 Å². The third-order valence-electron chi connectivity index (χ3n) is 3.74. The average molecular weight is 276 g/mol. The highest BCUT2D eigenvalue weighted by Gasteiger charge is 2.28. The lowest BCUT2D eigenvalue weighted by Gasteiger charge is -2.22. The van der Waals surface area contributed by atoms with E-state index >= 15 is 0 Å². The minimum atomic E-state index is 0.600. The van der Waals surface area contributed by atoms with Crippen molar-refractivity contribution in [1.29, 1.82) is 0 Å². The molecule has 0 aliphatic heterocycles. The van der Waals surface area contributed by atoms with Gasteiger partial charge in [0.25, 0.3) is 0 Å². The Balaban J connectivity index is 1.94. The topological polar surface area (TPSA) is 29.3 Å². The van der Waals surface area contributed by atoms with Crippen molar-refractivity contribution in [2.75, 3.05) is 6.54 Å². The molecule has 0 radical (unpaired) electrons. The summed E-state index contributed by atoms with van der Waals surface area (Å²) < 4.78 is 0. The van der Waals surface area contributed by atoms with Gasteiger partial charge in [0, 0.05) is 25.6 Å². The van der Waals surface area contributed by atoms with Gasteiger partial charge in [-0.2, -0.15) is 0 Å². The van der Waals surface area contributed by atoms with Gasteiger partial charge in [-0.3, -0.25) is 4.90 Å². The summed E-state index contributed by atoms with van der Waals surface area (Å²) in [6.45, 7) is 6.47. The molecule has 0 aromatic heterocycles. The number of thiocarbonyl (C=S) groups is 1. The van der Waals surface area contributed by atoms with Crippen LogP contribution in [-0.2, 0) is 6.54 Å². The van der Waals surface area contributed by atoms with E-state index in [1.165, 1.54) is 24.0 Å². The quantitative estimate of drug-likeness (QED) is 0.773. The average Bonchev–Trinajstić information content (AvgIpc) is 3.19. The first kappa shape index (κ1) is 14.5. The molecule has 19 heavy (non-hydrogen) atoms. The number of nitrogens with zero attached hydrogens (tertiary/aromatic N) is 1. The van der Waals surface area contributed by atoms with Gasteiger partial charge in [-0.25, -0.2) is 0 Å². The predicted octanol–water partition coefficient (Wildman–Crippen LogP) is 3.45. The Morgan fingerprint density at radius 3 is 2.42 bits per heavy atom. The number of benzene rings is 1. The molecule has 1 aromatic rings. The van der Waals surface area contributed by atoms with Crippen LogP contribution in [0.15, 0.2) is 24.3 Å². The summed E-state index contributed by atoms with van der Waals surface area (Å²) in [4.78, 5) is 3.14. The number of hydrogen-bond acceptors (Lipinski definition) is 2. The van der Waals surface area contributed by atoms with Gasteiger partial charge in [0.1, 0.15) is 0 Å². The molecule has 0 amide bonds. The maximum absolute atomic E-state index is 5.61. The second kappa shape index (κ2) is 6.49. The first-order valence-corrected chi connectivity index (χ1v) is 7.58. The third-order valence-corrected chi connectivity index (χ3v) is 3.94. The first-order chi connectivity index (χ1) is 9.06. The summed E-state index contributed by atoms with van der Waals surface area (Å²) in [7, 11) is 0. The van der Waals surface area contributed by atoms with Crippen molar-refractivity contribution in [3.63, 3.8) is 0 Å². The summed E-state index contributed by atoms with van der Waals surface area (Å²) in [5.41, 5.74) is 8.41. The van der Waals surface area contributed by atoms with Crippen molar-refractivity contribution in [3.05, 3.63) is 35.4 Å². The van der Waals surface area contributed by atoms with Crippen LogP contribution in [0.1, 0.15) is 50.2 Å². The maximum atomic E-state index is 5.61. The van der Waals surface area contributed by atoms with Crippen LogP contribution < -0.4 is 5.73 Å². The molecule has 1 aliphatic rings. The Morgan fingerprint density at radius 1 is 1.32 bits per heavy atom. The highest BCUT2D eigenvalue weighted by atomic mass is 32.1. The fourth-order valence-corrected chi connectivity index (χ4v) is 2.42. The van der Waals surface area contributed by atoms with E-state index in [1.807, 2.05) is 0 Å². The van der Waals surface area contributed by atoms with Crippen LogP contribution in [0.3, 0.4) is 0 Å². The van der Waals surface area contributed by atoms with Gasteiger partial charge in [0.2, 0.25) is 0 Å². The zero-order chi connectivity index (χ0) is 13.8. The largest absolute Gasteiger partial charge is 0.393 e. The monoisotopic (exact) mass is 276 g/mol. The van der Waals surface area contributed by atoms with Crippen LogP contribution in [0.2, 0.25) is 0 Å². The normalized spacial score (nSPS) is 15.2. The molecule has 104 valence electrons. The summed E-state index contributed by atoms with van der Waals surface area (Å²) in [5.74, 6) is 0.600. The molecule has 2 rings (SSSR count). The molecule has 0 saturated heterocycles. The molecule has 1 aromatic carbocycles. The van der Waals surface area contributed by atoms with E-state index in [4.69, 9.17) is 18.0 Å². The molecule has 0 bridgehead atoms. The van der Waals surface area contributed by atoms with Crippen molar-refractivity contribution in [1.82, 2.24) is 4.90 Å². The highest BCUT2D eigenvalue weighted by Crippen LogP contribution is 2.28. The Bertz CT molecular complexity index is 421. The van der Waals surface area contributed by atoms with Crippen LogP contribution in [0, 0.1) is 0 Å². The van der Waals surface area contributed by atoms with E-state index in [9.17, 15) is 0 Å². The fraction of sp³-hybridized carbons (Fsp3) is 0.562. The second-order valence-corrected chi connectivity index (χ2v) is 6.34. The van der Waals surface area contributed by atoms with E-state index in [2.05, 4.69) is 43.0 Å². The molecule has 2 N–H and O–H groups in total. The van der Waals surface area contributed by atoms with Crippen molar-refractivity contribution in [2.24, 2.45) is 5.73 Å². The predicted molar refractivity (Wildman–Crippen MR) is 85.4 cm³/mol. The molecular formula is C16H24N2S. The summed E-state index contributed by atoms with van der Waals surface area (Å²) >= 11 is 4.98.